The van der Waals surface area contributed by atoms with Crippen LogP contribution in [0.25, 0.3) is 0 Å². The van der Waals surface area contributed by atoms with Gasteiger partial charge in [-0.15, -0.1) is 0 Å². The Balaban J connectivity index is 1.68. The van der Waals surface area contributed by atoms with Crippen molar-refractivity contribution < 1.29 is 9.59 Å². The van der Waals surface area contributed by atoms with Crippen molar-refractivity contribution in [2.75, 3.05) is 11.4 Å². The van der Waals surface area contributed by atoms with Gasteiger partial charge in [0.1, 0.15) is 0 Å². The molecule has 1 aliphatic rings. The maximum atomic E-state index is 12.7. The highest BCUT2D eigenvalue weighted by Crippen LogP contribution is 2.30. The van der Waals surface area contributed by atoms with Crippen LogP contribution < -0.4 is 15.5 Å². The Bertz CT molecular complexity index is 772. The number of fused-ring (bicyclic) bond motifs is 1. The van der Waals surface area contributed by atoms with Gasteiger partial charge in [-0.25, -0.2) is 4.79 Å². The van der Waals surface area contributed by atoms with E-state index < -0.39 is 0 Å². The van der Waals surface area contributed by atoms with Crippen molar-refractivity contribution in [1.82, 2.24) is 10.6 Å². The minimum atomic E-state index is -0.170. The van der Waals surface area contributed by atoms with Crippen molar-refractivity contribution in [1.29, 1.82) is 0 Å². The van der Waals surface area contributed by atoms with Crippen LogP contribution in [-0.4, -0.2) is 24.5 Å². The maximum Gasteiger partial charge on any atom is 0.315 e. The molecule has 130 valence electrons. The van der Waals surface area contributed by atoms with E-state index in [1.165, 1.54) is 0 Å². The van der Waals surface area contributed by atoms with E-state index in [1.807, 2.05) is 61.2 Å². The third-order valence-electron chi connectivity index (χ3n) is 4.18. The summed E-state index contributed by atoms with van der Waals surface area (Å²) in [5, 5.41) is 5.65. The fourth-order valence-electron chi connectivity index (χ4n) is 3.01. The van der Waals surface area contributed by atoms with Crippen LogP contribution in [0.15, 0.2) is 48.5 Å². The fourth-order valence-corrected chi connectivity index (χ4v) is 3.01. The zero-order valence-corrected chi connectivity index (χ0v) is 14.6. The molecule has 0 atom stereocenters. The van der Waals surface area contributed by atoms with Crippen molar-refractivity contribution in [3.05, 3.63) is 65.2 Å². The lowest BCUT2D eigenvalue weighted by Gasteiger charge is -2.18. The SMILES string of the molecule is CC(C)NC(=O)NCc1ccc2c(c1)CCN2C(=O)c1ccccc1. The summed E-state index contributed by atoms with van der Waals surface area (Å²) < 4.78 is 0. The van der Waals surface area contributed by atoms with Crippen molar-refractivity contribution in [2.24, 2.45) is 0 Å². The van der Waals surface area contributed by atoms with E-state index in [0.29, 0.717) is 18.7 Å². The number of anilines is 1. The molecule has 0 spiro atoms. The third-order valence-corrected chi connectivity index (χ3v) is 4.18. The van der Waals surface area contributed by atoms with E-state index in [9.17, 15) is 9.59 Å². The lowest BCUT2D eigenvalue weighted by atomic mass is 10.1. The van der Waals surface area contributed by atoms with Crippen LogP contribution in [0.4, 0.5) is 10.5 Å². The number of benzene rings is 2. The minimum absolute atomic E-state index is 0.0292. The van der Waals surface area contributed by atoms with Gasteiger partial charge in [-0.05, 0) is 49.6 Å². The molecule has 2 aromatic carbocycles. The molecule has 2 N–H and O–H groups in total. The molecule has 2 aromatic rings. The Morgan fingerprint density at radius 2 is 1.88 bits per heavy atom. The van der Waals surface area contributed by atoms with Crippen molar-refractivity contribution >= 4 is 17.6 Å². The highest BCUT2D eigenvalue weighted by molar-refractivity contribution is 6.07. The number of nitrogens with zero attached hydrogens (tertiary/aromatic N) is 1. The average Bonchev–Trinajstić information content (AvgIpc) is 3.02. The fraction of sp³-hybridized carbons (Fsp3) is 0.300. The van der Waals surface area contributed by atoms with Crippen LogP contribution >= 0.6 is 0 Å². The Morgan fingerprint density at radius 1 is 1.12 bits per heavy atom. The maximum absolute atomic E-state index is 12.7. The number of carbonyl (C=O) groups is 2. The number of hydrogen-bond donors (Lipinski definition) is 2. The summed E-state index contributed by atoms with van der Waals surface area (Å²) in [6, 6.07) is 15.3. The molecule has 0 radical (unpaired) electrons. The van der Waals surface area contributed by atoms with Gasteiger partial charge in [0.15, 0.2) is 0 Å². The molecule has 1 heterocycles. The van der Waals surface area contributed by atoms with E-state index >= 15 is 0 Å². The molecule has 5 nitrogen and oxygen atoms in total. The summed E-state index contributed by atoms with van der Waals surface area (Å²) in [7, 11) is 0. The minimum Gasteiger partial charge on any atom is -0.336 e. The van der Waals surface area contributed by atoms with Crippen LogP contribution in [0.2, 0.25) is 0 Å². The van der Waals surface area contributed by atoms with E-state index in [0.717, 1.165) is 23.2 Å². The quantitative estimate of drug-likeness (QED) is 0.900. The van der Waals surface area contributed by atoms with Gasteiger partial charge in [-0.1, -0.05) is 30.3 Å². The summed E-state index contributed by atoms with van der Waals surface area (Å²) in [5.41, 5.74) is 3.84. The number of amides is 3. The van der Waals surface area contributed by atoms with Gasteiger partial charge in [0, 0.05) is 30.4 Å². The highest BCUT2D eigenvalue weighted by atomic mass is 16.2. The molecular weight excluding hydrogens is 314 g/mol. The molecule has 0 unspecified atom stereocenters. The van der Waals surface area contributed by atoms with E-state index in [2.05, 4.69) is 16.7 Å². The van der Waals surface area contributed by atoms with Crippen LogP contribution in [0.1, 0.15) is 35.3 Å². The summed E-state index contributed by atoms with van der Waals surface area (Å²) in [6.07, 6.45) is 0.833. The van der Waals surface area contributed by atoms with Crippen LogP contribution in [-0.2, 0) is 13.0 Å². The monoisotopic (exact) mass is 337 g/mol. The second kappa shape index (κ2) is 7.38. The molecule has 5 heteroatoms. The predicted molar refractivity (Wildman–Crippen MR) is 98.8 cm³/mol. The van der Waals surface area contributed by atoms with Crippen LogP contribution in [0.3, 0.4) is 0 Å². The molecule has 0 saturated heterocycles. The first kappa shape index (κ1) is 17.0. The van der Waals surface area contributed by atoms with Gasteiger partial charge in [0.05, 0.1) is 0 Å². The molecule has 1 aliphatic heterocycles. The largest absolute Gasteiger partial charge is 0.336 e. The predicted octanol–water partition coefficient (Wildman–Crippen LogP) is 3.10. The standard InChI is InChI=1S/C20H23N3O2/c1-14(2)22-20(25)21-13-15-8-9-18-17(12-15)10-11-23(18)19(24)16-6-4-3-5-7-16/h3-9,12,14H,10-11,13H2,1-2H3,(H2,21,22,25). The first-order chi connectivity index (χ1) is 12.0. The van der Waals surface area contributed by atoms with Crippen molar-refractivity contribution in [3.63, 3.8) is 0 Å². The van der Waals surface area contributed by atoms with Gasteiger partial charge < -0.3 is 15.5 Å². The third kappa shape index (κ3) is 3.99. The molecule has 0 fully saturated rings. The molecule has 3 rings (SSSR count). The molecule has 0 aromatic heterocycles. The first-order valence-corrected chi connectivity index (χ1v) is 8.57. The normalized spacial score (nSPS) is 12.8. The van der Waals surface area contributed by atoms with Crippen molar-refractivity contribution in [2.45, 2.75) is 32.9 Å². The zero-order valence-electron chi connectivity index (χ0n) is 14.6. The average molecular weight is 337 g/mol. The molecule has 0 bridgehead atoms. The van der Waals surface area contributed by atoms with E-state index in [-0.39, 0.29) is 18.0 Å². The Labute approximate surface area is 148 Å². The summed E-state index contributed by atoms with van der Waals surface area (Å²) in [4.78, 5) is 26.2. The van der Waals surface area contributed by atoms with Gasteiger partial charge >= 0.3 is 6.03 Å². The number of hydrogen-bond acceptors (Lipinski definition) is 2. The molecule has 3 amide bonds. The van der Waals surface area contributed by atoms with Crippen LogP contribution in [0.5, 0.6) is 0 Å². The van der Waals surface area contributed by atoms with Gasteiger partial charge in [-0.2, -0.15) is 0 Å². The number of rotatable bonds is 4. The van der Waals surface area contributed by atoms with Gasteiger partial charge in [-0.3, -0.25) is 4.79 Å². The van der Waals surface area contributed by atoms with E-state index in [4.69, 9.17) is 0 Å². The molecule has 25 heavy (non-hydrogen) atoms. The van der Waals surface area contributed by atoms with Crippen LogP contribution in [0, 0.1) is 0 Å². The Kier molecular flexibility index (Phi) is 5.03. The van der Waals surface area contributed by atoms with Crippen molar-refractivity contribution in [3.8, 4) is 0 Å². The smallest absolute Gasteiger partial charge is 0.315 e. The lowest BCUT2D eigenvalue weighted by molar-refractivity contribution is 0.0989. The highest BCUT2D eigenvalue weighted by Gasteiger charge is 2.25. The Morgan fingerprint density at radius 3 is 2.60 bits per heavy atom. The zero-order chi connectivity index (χ0) is 17.8. The molecule has 0 aliphatic carbocycles. The van der Waals surface area contributed by atoms with E-state index in [1.54, 1.807) is 0 Å². The van der Waals surface area contributed by atoms with Gasteiger partial charge in [0.25, 0.3) is 5.91 Å². The number of nitrogens with one attached hydrogen (secondary N) is 2. The van der Waals surface area contributed by atoms with Gasteiger partial charge in [0.2, 0.25) is 0 Å². The summed E-state index contributed by atoms with van der Waals surface area (Å²) >= 11 is 0. The summed E-state index contributed by atoms with van der Waals surface area (Å²) in [5.74, 6) is 0.0292. The Hall–Kier alpha value is -2.82. The topological polar surface area (TPSA) is 61.4 Å². The second-order valence-corrected chi connectivity index (χ2v) is 6.52. The first-order valence-electron chi connectivity index (χ1n) is 8.57. The molecular formula is C20H23N3O2. The number of urea groups is 1. The number of carbonyl (C=O) groups excluding carboxylic acids is 2. The lowest BCUT2D eigenvalue weighted by Crippen LogP contribution is -2.39. The summed E-state index contributed by atoms with van der Waals surface area (Å²) in [6.45, 7) is 5.01. The second-order valence-electron chi connectivity index (χ2n) is 6.52. The molecule has 0 saturated carbocycles.